The molecular weight excluding hydrogens is 240 g/mol. The highest BCUT2D eigenvalue weighted by Gasteiger charge is 2.19. The number of nitrogens with one attached hydrogen (secondary N) is 2. The van der Waals surface area contributed by atoms with Crippen molar-refractivity contribution in [2.24, 2.45) is 7.05 Å². The van der Waals surface area contributed by atoms with Crippen molar-refractivity contribution in [3.63, 3.8) is 0 Å². The van der Waals surface area contributed by atoms with Gasteiger partial charge in [-0.15, -0.1) is 0 Å². The Bertz CT molecular complexity index is 442. The molecule has 0 radical (unpaired) electrons. The zero-order valence-corrected chi connectivity index (χ0v) is 10.5. The fourth-order valence-electron chi connectivity index (χ4n) is 1.26. The van der Waals surface area contributed by atoms with E-state index in [2.05, 4.69) is 15.6 Å². The van der Waals surface area contributed by atoms with Crippen LogP contribution in [0.4, 0.5) is 16.4 Å². The predicted octanol–water partition coefficient (Wildman–Crippen LogP) is 0.0114. The van der Waals surface area contributed by atoms with Crippen LogP contribution in [0.1, 0.15) is 0 Å². The first-order valence-electron chi connectivity index (χ1n) is 5.28. The van der Waals surface area contributed by atoms with Gasteiger partial charge in [-0.2, -0.15) is 0 Å². The molecule has 0 aromatic carbocycles. The summed E-state index contributed by atoms with van der Waals surface area (Å²) in [6.07, 6.45) is 1.36. The van der Waals surface area contributed by atoms with E-state index in [0.29, 0.717) is 18.9 Å². The average Bonchev–Trinajstić information content (AvgIpc) is 2.66. The van der Waals surface area contributed by atoms with E-state index in [-0.39, 0.29) is 11.8 Å². The van der Waals surface area contributed by atoms with Gasteiger partial charge in [0.2, 0.25) is 12.1 Å². The number of carbonyl (C=O) groups is 1. The molecule has 9 heteroatoms. The summed E-state index contributed by atoms with van der Waals surface area (Å²) >= 11 is 0. The van der Waals surface area contributed by atoms with E-state index in [9.17, 15) is 14.9 Å². The minimum Gasteiger partial charge on any atom is -0.363 e. The van der Waals surface area contributed by atoms with E-state index in [0.717, 1.165) is 0 Å². The van der Waals surface area contributed by atoms with Crippen molar-refractivity contribution < 1.29 is 9.72 Å². The fourth-order valence-corrected chi connectivity index (χ4v) is 1.26. The maximum Gasteiger partial charge on any atom is 0.406 e. The minimum atomic E-state index is -0.555. The van der Waals surface area contributed by atoms with Crippen LogP contribution >= 0.6 is 0 Å². The number of rotatable bonds is 5. The molecule has 0 spiro atoms. The van der Waals surface area contributed by atoms with Crippen molar-refractivity contribution in [1.29, 1.82) is 0 Å². The third kappa shape index (κ3) is 3.34. The molecule has 0 aliphatic carbocycles. The topological polar surface area (TPSA) is 105 Å². The van der Waals surface area contributed by atoms with Crippen LogP contribution in [0.3, 0.4) is 0 Å². The second-order valence-corrected chi connectivity index (χ2v) is 3.84. The lowest BCUT2D eigenvalue weighted by molar-refractivity contribution is -0.388. The number of nitrogens with zero attached hydrogens (tertiary/aromatic N) is 4. The van der Waals surface area contributed by atoms with Crippen molar-refractivity contribution in [3.8, 4) is 0 Å². The van der Waals surface area contributed by atoms with Gasteiger partial charge in [0.1, 0.15) is 0 Å². The Hall–Kier alpha value is -2.32. The maximum absolute atomic E-state index is 11.2. The summed E-state index contributed by atoms with van der Waals surface area (Å²) in [6, 6.07) is -0.212. The van der Waals surface area contributed by atoms with Crippen molar-refractivity contribution in [3.05, 3.63) is 16.4 Å². The monoisotopic (exact) mass is 256 g/mol. The van der Waals surface area contributed by atoms with Gasteiger partial charge in [-0.05, 0) is 9.91 Å². The predicted molar refractivity (Wildman–Crippen MR) is 65.4 cm³/mol. The van der Waals surface area contributed by atoms with Gasteiger partial charge in [0, 0.05) is 34.2 Å². The van der Waals surface area contributed by atoms with Gasteiger partial charge in [-0.1, -0.05) is 0 Å². The van der Waals surface area contributed by atoms with Crippen molar-refractivity contribution in [2.75, 3.05) is 32.5 Å². The summed E-state index contributed by atoms with van der Waals surface area (Å²) in [5.74, 6) is 0.0931. The Morgan fingerprint density at radius 2 is 2.22 bits per heavy atom. The molecule has 1 rings (SSSR count). The first kappa shape index (κ1) is 13.7. The highest BCUT2D eigenvalue weighted by molar-refractivity contribution is 5.73. The molecule has 1 aromatic heterocycles. The fraction of sp³-hybridized carbons (Fsp3) is 0.556. The molecule has 0 atom stereocenters. The van der Waals surface area contributed by atoms with E-state index < -0.39 is 4.92 Å². The lowest BCUT2D eigenvalue weighted by Crippen LogP contribution is -2.37. The van der Waals surface area contributed by atoms with E-state index in [1.54, 1.807) is 21.1 Å². The van der Waals surface area contributed by atoms with Crippen LogP contribution in [0.2, 0.25) is 0 Å². The highest BCUT2D eigenvalue weighted by atomic mass is 16.6. The third-order valence-electron chi connectivity index (χ3n) is 2.19. The maximum atomic E-state index is 11.2. The lowest BCUT2D eigenvalue weighted by Gasteiger charge is -2.12. The molecule has 0 unspecified atom stereocenters. The minimum absolute atomic E-state index is 0.212. The van der Waals surface area contributed by atoms with Crippen LogP contribution in [0.15, 0.2) is 6.33 Å². The number of aryl methyl sites for hydroxylation is 1. The number of nitro groups is 1. The number of anilines is 1. The summed E-state index contributed by atoms with van der Waals surface area (Å²) in [7, 11) is 4.92. The van der Waals surface area contributed by atoms with Crippen molar-refractivity contribution in [1.82, 2.24) is 19.8 Å². The average molecular weight is 256 g/mol. The smallest absolute Gasteiger partial charge is 0.363 e. The van der Waals surface area contributed by atoms with Gasteiger partial charge in [0.25, 0.3) is 0 Å². The van der Waals surface area contributed by atoms with Crippen LogP contribution < -0.4 is 10.6 Å². The van der Waals surface area contributed by atoms with Gasteiger partial charge >= 0.3 is 11.8 Å². The molecule has 100 valence electrons. The quantitative estimate of drug-likeness (QED) is 0.438. The molecule has 9 nitrogen and oxygen atoms in total. The van der Waals surface area contributed by atoms with Crippen LogP contribution in [0.25, 0.3) is 0 Å². The van der Waals surface area contributed by atoms with Crippen LogP contribution in [-0.4, -0.2) is 52.6 Å². The van der Waals surface area contributed by atoms with E-state index >= 15 is 0 Å². The summed E-state index contributed by atoms with van der Waals surface area (Å²) in [5, 5.41) is 16.2. The number of hydrogen-bond acceptors (Lipinski definition) is 5. The first-order valence-corrected chi connectivity index (χ1v) is 5.28. The molecule has 18 heavy (non-hydrogen) atoms. The summed E-state index contributed by atoms with van der Waals surface area (Å²) < 4.78 is 1.52. The Morgan fingerprint density at radius 3 is 2.78 bits per heavy atom. The van der Waals surface area contributed by atoms with Gasteiger partial charge in [0.05, 0.1) is 0 Å². The number of amides is 2. The molecule has 0 fully saturated rings. The zero-order valence-electron chi connectivity index (χ0n) is 10.5. The third-order valence-corrected chi connectivity index (χ3v) is 2.19. The highest BCUT2D eigenvalue weighted by Crippen LogP contribution is 2.20. The van der Waals surface area contributed by atoms with Crippen molar-refractivity contribution >= 4 is 17.7 Å². The van der Waals surface area contributed by atoms with Crippen LogP contribution in [0, 0.1) is 10.1 Å². The van der Waals surface area contributed by atoms with Crippen LogP contribution in [-0.2, 0) is 7.05 Å². The van der Waals surface area contributed by atoms with Crippen LogP contribution in [0.5, 0.6) is 0 Å². The SMILES string of the molecule is CN(C)C(=O)NCCNc1c([N+](=O)[O-])ncn1C. The molecule has 2 N–H and O–H groups in total. The normalized spacial score (nSPS) is 9.94. The van der Waals surface area contributed by atoms with Gasteiger partial charge in [-0.25, -0.2) is 4.79 Å². The lowest BCUT2D eigenvalue weighted by atomic mass is 10.5. The molecule has 2 amide bonds. The molecule has 0 saturated carbocycles. The number of urea groups is 1. The standard InChI is InChI=1S/C9H16N6O3/c1-13(2)9(16)11-5-4-10-7-8(15(17)18)12-6-14(7)3/h6,10H,4-5H2,1-3H3,(H,11,16). The van der Waals surface area contributed by atoms with Crippen molar-refractivity contribution in [2.45, 2.75) is 0 Å². The number of imidazole rings is 1. The molecule has 0 bridgehead atoms. The molecular formula is C9H16N6O3. The Labute approximate surface area is 104 Å². The Morgan fingerprint density at radius 1 is 1.56 bits per heavy atom. The molecule has 1 heterocycles. The van der Waals surface area contributed by atoms with E-state index in [4.69, 9.17) is 0 Å². The molecule has 0 aliphatic heterocycles. The molecule has 1 aromatic rings. The number of hydrogen-bond donors (Lipinski definition) is 2. The van der Waals surface area contributed by atoms with E-state index in [1.807, 2.05) is 0 Å². The van der Waals surface area contributed by atoms with Gasteiger partial charge in [-0.3, -0.25) is 4.57 Å². The number of carbonyl (C=O) groups excluding carboxylic acids is 1. The molecule has 0 aliphatic rings. The van der Waals surface area contributed by atoms with E-state index in [1.165, 1.54) is 15.8 Å². The van der Waals surface area contributed by atoms with Gasteiger partial charge in [0.15, 0.2) is 0 Å². The first-order chi connectivity index (χ1) is 8.43. The zero-order chi connectivity index (χ0) is 13.7. The Balaban J connectivity index is 2.47. The Kier molecular flexibility index (Phi) is 4.46. The summed E-state index contributed by atoms with van der Waals surface area (Å²) in [5.41, 5.74) is 0. The summed E-state index contributed by atoms with van der Waals surface area (Å²) in [4.78, 5) is 26.4. The second-order valence-electron chi connectivity index (χ2n) is 3.84. The number of aromatic nitrogens is 2. The second kappa shape index (κ2) is 5.84. The largest absolute Gasteiger partial charge is 0.406 e. The summed E-state index contributed by atoms with van der Waals surface area (Å²) in [6.45, 7) is 0.735. The molecule has 0 saturated heterocycles. The van der Waals surface area contributed by atoms with Gasteiger partial charge < -0.3 is 25.6 Å².